The zero-order valence-corrected chi connectivity index (χ0v) is 11.5. The minimum absolute atomic E-state index is 0.201. The highest BCUT2D eigenvalue weighted by Crippen LogP contribution is 2.26. The molecule has 2 nitrogen and oxygen atoms in total. The summed E-state index contributed by atoms with van der Waals surface area (Å²) in [4.78, 5) is 0. The Bertz CT molecular complexity index is 414. The highest BCUT2D eigenvalue weighted by molar-refractivity contribution is 5.26. The van der Waals surface area contributed by atoms with Gasteiger partial charge in [-0.15, -0.1) is 0 Å². The first-order valence-corrected chi connectivity index (χ1v) is 6.08. The van der Waals surface area contributed by atoms with Gasteiger partial charge in [0.25, 0.3) is 0 Å². The third kappa shape index (κ3) is 3.75. The molecule has 0 fully saturated rings. The van der Waals surface area contributed by atoms with Crippen molar-refractivity contribution in [1.29, 1.82) is 0 Å². The van der Waals surface area contributed by atoms with E-state index in [4.69, 9.17) is 5.73 Å². The Kier molecular flexibility index (Phi) is 4.46. The van der Waals surface area contributed by atoms with Crippen molar-refractivity contribution in [3.8, 4) is 0 Å². The monoisotopic (exact) mass is 256 g/mol. The van der Waals surface area contributed by atoms with E-state index in [9.17, 15) is 8.78 Å². The maximum absolute atomic E-state index is 13.8. The fraction of sp³-hybridized carbons (Fsp3) is 0.571. The molecule has 102 valence electrons. The molecule has 0 aliphatic carbocycles. The van der Waals surface area contributed by atoms with Gasteiger partial charge >= 0.3 is 0 Å². The van der Waals surface area contributed by atoms with E-state index in [2.05, 4.69) is 5.32 Å². The first-order chi connectivity index (χ1) is 8.18. The Morgan fingerprint density at radius 2 is 1.78 bits per heavy atom. The molecule has 0 amide bonds. The van der Waals surface area contributed by atoms with Gasteiger partial charge in [-0.3, -0.25) is 0 Å². The van der Waals surface area contributed by atoms with Crippen molar-refractivity contribution >= 4 is 0 Å². The predicted molar refractivity (Wildman–Crippen MR) is 70.5 cm³/mol. The number of benzene rings is 1. The van der Waals surface area contributed by atoms with Gasteiger partial charge in [-0.05, 0) is 25.5 Å². The van der Waals surface area contributed by atoms with Crippen LogP contribution in [0.15, 0.2) is 18.2 Å². The smallest absolute Gasteiger partial charge is 0.129 e. The molecule has 0 unspecified atom stereocenters. The highest BCUT2D eigenvalue weighted by atomic mass is 19.1. The first kappa shape index (κ1) is 15.1. The minimum atomic E-state index is -0.553. The summed E-state index contributed by atoms with van der Waals surface area (Å²) in [7, 11) is 0. The summed E-state index contributed by atoms with van der Waals surface area (Å²) >= 11 is 0. The van der Waals surface area contributed by atoms with Crippen molar-refractivity contribution < 1.29 is 8.78 Å². The van der Waals surface area contributed by atoms with Crippen molar-refractivity contribution in [1.82, 2.24) is 5.32 Å². The molecule has 1 aromatic carbocycles. The molecule has 18 heavy (non-hydrogen) atoms. The van der Waals surface area contributed by atoms with E-state index in [0.29, 0.717) is 18.7 Å². The molecule has 0 aliphatic heterocycles. The Morgan fingerprint density at radius 3 is 2.28 bits per heavy atom. The van der Waals surface area contributed by atoms with Crippen LogP contribution in [0.1, 0.15) is 33.3 Å². The molecule has 0 saturated carbocycles. The summed E-state index contributed by atoms with van der Waals surface area (Å²) in [6, 6.07) is 3.71. The lowest BCUT2D eigenvalue weighted by atomic mass is 9.83. The summed E-state index contributed by atoms with van der Waals surface area (Å²) in [5, 5.41) is 3.30. The van der Waals surface area contributed by atoms with Crippen LogP contribution in [0.4, 0.5) is 8.78 Å². The molecule has 0 radical (unpaired) electrons. The van der Waals surface area contributed by atoms with Gasteiger partial charge < -0.3 is 11.1 Å². The van der Waals surface area contributed by atoms with Gasteiger partial charge in [0, 0.05) is 30.1 Å². The van der Waals surface area contributed by atoms with Crippen molar-refractivity contribution in [2.75, 3.05) is 13.1 Å². The first-order valence-electron chi connectivity index (χ1n) is 6.08. The van der Waals surface area contributed by atoms with E-state index in [1.54, 1.807) is 0 Å². The van der Waals surface area contributed by atoms with Crippen LogP contribution in [-0.2, 0) is 5.41 Å². The maximum atomic E-state index is 13.8. The molecule has 0 spiro atoms. The summed E-state index contributed by atoms with van der Waals surface area (Å²) in [5.41, 5.74) is 5.51. The fourth-order valence-electron chi connectivity index (χ4n) is 1.67. The minimum Gasteiger partial charge on any atom is -0.329 e. The average molecular weight is 256 g/mol. The average Bonchev–Trinajstić information content (AvgIpc) is 2.26. The summed E-state index contributed by atoms with van der Waals surface area (Å²) in [5.74, 6) is -1.06. The zero-order chi connectivity index (χ0) is 14.0. The van der Waals surface area contributed by atoms with Gasteiger partial charge in [0.2, 0.25) is 0 Å². The van der Waals surface area contributed by atoms with Crippen LogP contribution in [0.2, 0.25) is 0 Å². The Balaban J connectivity index is 2.86. The molecule has 1 rings (SSSR count). The van der Waals surface area contributed by atoms with E-state index in [0.717, 1.165) is 6.07 Å². The van der Waals surface area contributed by atoms with E-state index in [1.165, 1.54) is 12.1 Å². The fourth-order valence-corrected chi connectivity index (χ4v) is 1.67. The van der Waals surface area contributed by atoms with Crippen LogP contribution in [0, 0.1) is 11.6 Å². The number of hydrogen-bond acceptors (Lipinski definition) is 2. The van der Waals surface area contributed by atoms with Gasteiger partial charge in [0.15, 0.2) is 0 Å². The van der Waals surface area contributed by atoms with E-state index in [-0.39, 0.29) is 5.54 Å². The molecule has 0 saturated heterocycles. The lowest BCUT2D eigenvalue weighted by molar-refractivity contribution is 0.341. The summed E-state index contributed by atoms with van der Waals surface area (Å²) in [6.07, 6.45) is 0. The van der Waals surface area contributed by atoms with Crippen LogP contribution < -0.4 is 11.1 Å². The van der Waals surface area contributed by atoms with Crippen LogP contribution in [0.3, 0.4) is 0 Å². The molecular weight excluding hydrogens is 234 g/mol. The second-order valence-corrected chi connectivity index (χ2v) is 5.95. The highest BCUT2D eigenvalue weighted by Gasteiger charge is 2.27. The molecule has 0 aliphatic rings. The SMILES string of the molecule is CC(C)(CN)NCC(C)(C)c1ccc(F)cc1F. The lowest BCUT2D eigenvalue weighted by Crippen LogP contribution is -2.50. The topological polar surface area (TPSA) is 38.0 Å². The quantitative estimate of drug-likeness (QED) is 0.849. The van der Waals surface area contributed by atoms with Gasteiger partial charge in [0.1, 0.15) is 11.6 Å². The molecule has 4 heteroatoms. The van der Waals surface area contributed by atoms with E-state index in [1.807, 2.05) is 27.7 Å². The zero-order valence-electron chi connectivity index (χ0n) is 11.5. The standard InChI is InChI=1S/C14H22F2N2/c1-13(2,9-18-14(3,4)8-17)11-6-5-10(15)7-12(11)16/h5-7,18H,8-9,17H2,1-4H3. The van der Waals surface area contributed by atoms with Crippen molar-refractivity contribution in [2.45, 2.75) is 38.6 Å². The molecule has 0 bridgehead atoms. The largest absolute Gasteiger partial charge is 0.329 e. The number of halogens is 2. The van der Waals surface area contributed by atoms with Gasteiger partial charge in [0.05, 0.1) is 0 Å². The molecular formula is C14H22F2N2. The normalized spacial score (nSPS) is 12.8. The summed E-state index contributed by atoms with van der Waals surface area (Å²) in [6.45, 7) is 8.88. The third-order valence-electron chi connectivity index (χ3n) is 3.18. The van der Waals surface area contributed by atoms with E-state index >= 15 is 0 Å². The lowest BCUT2D eigenvalue weighted by Gasteiger charge is -2.32. The Morgan fingerprint density at radius 1 is 1.17 bits per heavy atom. The number of hydrogen-bond donors (Lipinski definition) is 2. The number of nitrogens with two attached hydrogens (primary N) is 1. The third-order valence-corrected chi connectivity index (χ3v) is 3.18. The van der Waals surface area contributed by atoms with Crippen LogP contribution in [0.25, 0.3) is 0 Å². The second-order valence-electron chi connectivity index (χ2n) is 5.95. The molecule has 1 aromatic rings. The van der Waals surface area contributed by atoms with Crippen molar-refractivity contribution in [2.24, 2.45) is 5.73 Å². The van der Waals surface area contributed by atoms with Crippen LogP contribution in [0.5, 0.6) is 0 Å². The molecule has 0 heterocycles. The molecule has 0 atom stereocenters. The van der Waals surface area contributed by atoms with Gasteiger partial charge in [-0.2, -0.15) is 0 Å². The van der Waals surface area contributed by atoms with Crippen LogP contribution in [-0.4, -0.2) is 18.6 Å². The van der Waals surface area contributed by atoms with E-state index < -0.39 is 17.0 Å². The van der Waals surface area contributed by atoms with Crippen molar-refractivity contribution in [3.63, 3.8) is 0 Å². The Labute approximate surface area is 108 Å². The summed E-state index contributed by atoms with van der Waals surface area (Å²) < 4.78 is 26.6. The maximum Gasteiger partial charge on any atom is 0.129 e. The second kappa shape index (κ2) is 5.33. The van der Waals surface area contributed by atoms with Crippen LogP contribution >= 0.6 is 0 Å². The number of rotatable bonds is 5. The molecule has 3 N–H and O–H groups in total. The number of nitrogens with one attached hydrogen (secondary N) is 1. The van der Waals surface area contributed by atoms with Gasteiger partial charge in [-0.1, -0.05) is 19.9 Å². The Hall–Kier alpha value is -1.00. The predicted octanol–water partition coefficient (Wildman–Crippen LogP) is 2.57. The van der Waals surface area contributed by atoms with Gasteiger partial charge in [-0.25, -0.2) is 8.78 Å². The molecule has 0 aromatic heterocycles. The van der Waals surface area contributed by atoms with Crippen molar-refractivity contribution in [3.05, 3.63) is 35.4 Å².